The van der Waals surface area contributed by atoms with Crippen LogP contribution in [0.5, 0.6) is 0 Å². The van der Waals surface area contributed by atoms with Crippen LogP contribution in [0.2, 0.25) is 0 Å². The number of carbonyl (C=O) groups is 2. The van der Waals surface area contributed by atoms with E-state index in [1.807, 2.05) is 43.3 Å². The number of anilines is 1. The van der Waals surface area contributed by atoms with Gasteiger partial charge in [-0.1, -0.05) is 12.1 Å². The van der Waals surface area contributed by atoms with Gasteiger partial charge in [-0.05, 0) is 30.5 Å². The van der Waals surface area contributed by atoms with Crippen LogP contribution in [0.4, 0.5) is 10.5 Å². The summed E-state index contributed by atoms with van der Waals surface area (Å²) in [6.07, 6.45) is 2.08. The number of nitrogens with one attached hydrogen (secondary N) is 3. The molecular formula is C15H22N4O2. The van der Waals surface area contributed by atoms with Crippen molar-refractivity contribution >= 4 is 17.6 Å². The number of nitrogens with zero attached hydrogens (tertiary/aromatic N) is 1. The predicted octanol–water partition coefficient (Wildman–Crippen LogP) is 0.830. The number of hydrogen-bond acceptors (Lipinski definition) is 3. The molecule has 1 saturated carbocycles. The van der Waals surface area contributed by atoms with Crippen molar-refractivity contribution < 1.29 is 9.59 Å². The largest absolute Gasteiger partial charge is 0.378 e. The molecular weight excluding hydrogens is 268 g/mol. The predicted molar refractivity (Wildman–Crippen MR) is 82.2 cm³/mol. The zero-order valence-electron chi connectivity index (χ0n) is 12.5. The van der Waals surface area contributed by atoms with Crippen molar-refractivity contribution in [3.8, 4) is 0 Å². The summed E-state index contributed by atoms with van der Waals surface area (Å²) in [5.74, 6) is -0.137. The molecule has 0 unspecified atom stereocenters. The van der Waals surface area contributed by atoms with Crippen LogP contribution in [-0.2, 0) is 11.3 Å². The molecule has 0 heterocycles. The molecule has 0 aliphatic heterocycles. The number of rotatable bonds is 6. The Balaban J connectivity index is 1.70. The Labute approximate surface area is 124 Å². The lowest BCUT2D eigenvalue weighted by atomic mass is 10.2. The molecule has 0 atom stereocenters. The highest BCUT2D eigenvalue weighted by Gasteiger charge is 2.23. The fourth-order valence-corrected chi connectivity index (χ4v) is 1.86. The van der Waals surface area contributed by atoms with Crippen LogP contribution in [-0.4, -0.2) is 38.6 Å². The van der Waals surface area contributed by atoms with E-state index in [1.54, 1.807) is 0 Å². The van der Waals surface area contributed by atoms with E-state index in [2.05, 4.69) is 16.0 Å². The third-order valence-electron chi connectivity index (χ3n) is 3.23. The first kappa shape index (κ1) is 15.2. The molecule has 0 radical (unpaired) electrons. The number of carbonyl (C=O) groups excluding carboxylic acids is 2. The third-order valence-corrected chi connectivity index (χ3v) is 3.23. The van der Waals surface area contributed by atoms with E-state index in [0.29, 0.717) is 12.6 Å². The minimum Gasteiger partial charge on any atom is -0.378 e. The van der Waals surface area contributed by atoms with Gasteiger partial charge in [0.25, 0.3) is 0 Å². The normalized spacial score (nSPS) is 13.4. The first-order valence-corrected chi connectivity index (χ1v) is 7.12. The fraction of sp³-hybridized carbons (Fsp3) is 0.467. The quantitative estimate of drug-likeness (QED) is 0.726. The molecule has 1 fully saturated rings. The molecule has 3 amide bonds. The van der Waals surface area contributed by atoms with Gasteiger partial charge in [-0.15, -0.1) is 0 Å². The Morgan fingerprint density at radius 2 is 2.00 bits per heavy atom. The van der Waals surface area contributed by atoms with Gasteiger partial charge in [-0.2, -0.15) is 0 Å². The van der Waals surface area contributed by atoms with Gasteiger partial charge in [0.1, 0.15) is 0 Å². The highest BCUT2D eigenvalue weighted by atomic mass is 16.2. The summed E-state index contributed by atoms with van der Waals surface area (Å²) in [6, 6.07) is 7.90. The fourth-order valence-electron chi connectivity index (χ4n) is 1.86. The molecule has 0 bridgehead atoms. The number of hydrogen-bond donors (Lipinski definition) is 3. The standard InChI is InChI=1S/C15H22N4O2/c1-19(2)13-5-3-4-11(8-13)9-16-15(21)17-10-14(20)18-12-6-7-12/h3-5,8,12H,6-7,9-10H2,1-2H3,(H,18,20)(H2,16,17,21). The van der Waals surface area contributed by atoms with Crippen LogP contribution < -0.4 is 20.9 Å². The molecule has 0 aromatic heterocycles. The second-order valence-electron chi connectivity index (χ2n) is 5.44. The van der Waals surface area contributed by atoms with Crippen LogP contribution in [0, 0.1) is 0 Å². The molecule has 21 heavy (non-hydrogen) atoms. The van der Waals surface area contributed by atoms with Crippen molar-refractivity contribution in [3.05, 3.63) is 29.8 Å². The SMILES string of the molecule is CN(C)c1cccc(CNC(=O)NCC(=O)NC2CC2)c1. The van der Waals surface area contributed by atoms with Crippen molar-refractivity contribution in [2.75, 3.05) is 25.5 Å². The van der Waals surface area contributed by atoms with E-state index in [4.69, 9.17) is 0 Å². The Bertz CT molecular complexity index is 512. The smallest absolute Gasteiger partial charge is 0.315 e. The van der Waals surface area contributed by atoms with Crippen molar-refractivity contribution in [3.63, 3.8) is 0 Å². The van der Waals surface area contributed by atoms with Crippen molar-refractivity contribution in [2.24, 2.45) is 0 Å². The van der Waals surface area contributed by atoms with E-state index >= 15 is 0 Å². The summed E-state index contributed by atoms with van der Waals surface area (Å²) in [7, 11) is 3.94. The first-order valence-electron chi connectivity index (χ1n) is 7.12. The summed E-state index contributed by atoms with van der Waals surface area (Å²) >= 11 is 0. The van der Waals surface area contributed by atoms with Crippen molar-refractivity contribution in [1.29, 1.82) is 0 Å². The summed E-state index contributed by atoms with van der Waals surface area (Å²) in [5.41, 5.74) is 2.09. The molecule has 6 nitrogen and oxygen atoms in total. The van der Waals surface area contributed by atoms with Crippen LogP contribution >= 0.6 is 0 Å². The van der Waals surface area contributed by atoms with E-state index in [0.717, 1.165) is 24.1 Å². The monoisotopic (exact) mass is 290 g/mol. The van der Waals surface area contributed by atoms with Crippen LogP contribution in [0.15, 0.2) is 24.3 Å². The van der Waals surface area contributed by atoms with Gasteiger partial charge in [-0.25, -0.2) is 4.79 Å². The lowest BCUT2D eigenvalue weighted by molar-refractivity contribution is -0.120. The highest BCUT2D eigenvalue weighted by Crippen LogP contribution is 2.18. The van der Waals surface area contributed by atoms with E-state index in [9.17, 15) is 9.59 Å². The maximum absolute atomic E-state index is 11.6. The van der Waals surface area contributed by atoms with Crippen molar-refractivity contribution in [2.45, 2.75) is 25.4 Å². The van der Waals surface area contributed by atoms with Gasteiger partial charge in [0.2, 0.25) is 5.91 Å². The van der Waals surface area contributed by atoms with Gasteiger partial charge < -0.3 is 20.9 Å². The van der Waals surface area contributed by atoms with E-state index in [-0.39, 0.29) is 18.5 Å². The van der Waals surface area contributed by atoms with Gasteiger partial charge in [-0.3, -0.25) is 4.79 Å². The maximum atomic E-state index is 11.6. The summed E-state index contributed by atoms with van der Waals surface area (Å²) in [6.45, 7) is 0.442. The molecule has 2 rings (SSSR count). The summed E-state index contributed by atoms with van der Waals surface area (Å²) < 4.78 is 0. The second kappa shape index (κ2) is 6.97. The van der Waals surface area contributed by atoms with E-state index in [1.165, 1.54) is 0 Å². The molecule has 1 aromatic rings. The lowest BCUT2D eigenvalue weighted by Crippen LogP contribution is -2.42. The zero-order valence-corrected chi connectivity index (χ0v) is 12.5. The molecule has 1 aliphatic carbocycles. The van der Waals surface area contributed by atoms with E-state index < -0.39 is 0 Å². The van der Waals surface area contributed by atoms with Gasteiger partial charge >= 0.3 is 6.03 Å². The second-order valence-corrected chi connectivity index (χ2v) is 5.44. The third kappa shape index (κ3) is 5.33. The van der Waals surface area contributed by atoms with Crippen molar-refractivity contribution in [1.82, 2.24) is 16.0 Å². The molecule has 3 N–H and O–H groups in total. The Kier molecular flexibility index (Phi) is 5.03. The highest BCUT2D eigenvalue weighted by molar-refractivity contribution is 5.84. The zero-order chi connectivity index (χ0) is 15.2. The molecule has 1 aliphatic rings. The van der Waals surface area contributed by atoms with Crippen LogP contribution in [0.3, 0.4) is 0 Å². The van der Waals surface area contributed by atoms with Crippen LogP contribution in [0.1, 0.15) is 18.4 Å². The molecule has 1 aromatic carbocycles. The number of amides is 3. The minimum absolute atomic E-state index is 0.0140. The lowest BCUT2D eigenvalue weighted by Gasteiger charge is -2.14. The Morgan fingerprint density at radius 1 is 1.24 bits per heavy atom. The van der Waals surface area contributed by atoms with Crippen LogP contribution in [0.25, 0.3) is 0 Å². The van der Waals surface area contributed by atoms with Gasteiger partial charge in [0.15, 0.2) is 0 Å². The first-order chi connectivity index (χ1) is 10.0. The topological polar surface area (TPSA) is 73.5 Å². The number of urea groups is 1. The summed E-state index contributed by atoms with van der Waals surface area (Å²) in [4.78, 5) is 25.1. The Hall–Kier alpha value is -2.24. The average molecular weight is 290 g/mol. The molecule has 6 heteroatoms. The molecule has 0 spiro atoms. The Morgan fingerprint density at radius 3 is 2.67 bits per heavy atom. The average Bonchev–Trinajstić information content (AvgIpc) is 3.27. The maximum Gasteiger partial charge on any atom is 0.315 e. The van der Waals surface area contributed by atoms with Gasteiger partial charge in [0.05, 0.1) is 6.54 Å². The molecule has 114 valence electrons. The van der Waals surface area contributed by atoms with Gasteiger partial charge in [0, 0.05) is 32.4 Å². The minimum atomic E-state index is -0.337. The summed E-state index contributed by atoms with van der Waals surface area (Å²) in [5, 5.41) is 8.11. The molecule has 0 saturated heterocycles. The number of benzene rings is 1.